The maximum Gasteiger partial charge on any atom is 0.411 e. The van der Waals surface area contributed by atoms with Gasteiger partial charge in [-0.3, -0.25) is 4.90 Å². The van der Waals surface area contributed by atoms with Gasteiger partial charge in [0.2, 0.25) is 0 Å². The molecule has 5 rings (SSSR count). The van der Waals surface area contributed by atoms with Gasteiger partial charge in [0.1, 0.15) is 6.10 Å². The number of methoxy groups -OCH3 is 1. The van der Waals surface area contributed by atoms with Gasteiger partial charge in [-0.2, -0.15) is 0 Å². The molecule has 0 unspecified atom stereocenters. The van der Waals surface area contributed by atoms with Crippen LogP contribution < -0.4 is 5.32 Å². The molecule has 8 nitrogen and oxygen atoms in total. The number of amides is 3. The van der Waals surface area contributed by atoms with Crippen molar-refractivity contribution >= 4 is 23.8 Å². The minimum absolute atomic E-state index is 0.0232. The van der Waals surface area contributed by atoms with Gasteiger partial charge in [-0.25, -0.2) is 14.4 Å². The van der Waals surface area contributed by atoms with Crippen LogP contribution in [-0.2, 0) is 15.9 Å². The summed E-state index contributed by atoms with van der Waals surface area (Å²) in [5.41, 5.74) is 3.13. The molecule has 166 valence electrons. The SMILES string of the molecule is COC(=O)c1ccccc1NC(=O)N1CCC(N2C(=O)O[C@H]3Cc4ccccc4[C@H]32)CC1. The van der Waals surface area contributed by atoms with Crippen molar-refractivity contribution < 1.29 is 23.9 Å². The number of carbonyl (C=O) groups is 3. The first-order chi connectivity index (χ1) is 15.6. The van der Waals surface area contributed by atoms with Gasteiger partial charge in [-0.05, 0) is 36.1 Å². The van der Waals surface area contributed by atoms with Crippen molar-refractivity contribution in [3.8, 4) is 0 Å². The number of urea groups is 1. The van der Waals surface area contributed by atoms with E-state index in [1.165, 1.54) is 18.2 Å². The number of nitrogens with one attached hydrogen (secondary N) is 1. The number of benzene rings is 2. The normalized spacial score (nSPS) is 22.2. The van der Waals surface area contributed by atoms with E-state index >= 15 is 0 Å². The second-order valence-corrected chi connectivity index (χ2v) is 8.36. The Balaban J connectivity index is 1.25. The highest BCUT2D eigenvalue weighted by Gasteiger charge is 2.50. The van der Waals surface area contributed by atoms with Gasteiger partial charge in [0.05, 0.1) is 24.4 Å². The van der Waals surface area contributed by atoms with Gasteiger partial charge in [0, 0.05) is 25.6 Å². The van der Waals surface area contributed by atoms with Crippen LogP contribution in [0.5, 0.6) is 0 Å². The van der Waals surface area contributed by atoms with Crippen LogP contribution in [0, 0.1) is 0 Å². The van der Waals surface area contributed by atoms with Crippen LogP contribution in [0.1, 0.15) is 40.4 Å². The van der Waals surface area contributed by atoms with Crippen molar-refractivity contribution in [3.05, 3.63) is 65.2 Å². The summed E-state index contributed by atoms with van der Waals surface area (Å²) in [6, 6.07) is 14.7. The zero-order valence-corrected chi connectivity index (χ0v) is 17.8. The van der Waals surface area contributed by atoms with Gasteiger partial charge in [0.25, 0.3) is 0 Å². The van der Waals surface area contributed by atoms with Gasteiger partial charge < -0.3 is 19.7 Å². The van der Waals surface area contributed by atoms with Crippen molar-refractivity contribution in [1.82, 2.24) is 9.80 Å². The molecule has 1 aliphatic carbocycles. The Morgan fingerprint density at radius 2 is 1.78 bits per heavy atom. The minimum atomic E-state index is -0.501. The molecule has 2 fully saturated rings. The molecule has 2 aliphatic heterocycles. The fraction of sp³-hybridized carbons (Fsp3) is 0.375. The van der Waals surface area contributed by atoms with E-state index in [1.807, 2.05) is 17.0 Å². The van der Waals surface area contributed by atoms with Gasteiger partial charge >= 0.3 is 18.1 Å². The van der Waals surface area contributed by atoms with Gasteiger partial charge in [0.15, 0.2) is 0 Å². The molecule has 8 heteroatoms. The second kappa shape index (κ2) is 8.18. The second-order valence-electron chi connectivity index (χ2n) is 8.36. The summed E-state index contributed by atoms with van der Waals surface area (Å²) < 4.78 is 10.5. The predicted octanol–water partition coefficient (Wildman–Crippen LogP) is 3.59. The third-order valence-corrected chi connectivity index (χ3v) is 6.63. The van der Waals surface area contributed by atoms with E-state index in [0.29, 0.717) is 37.2 Å². The smallest absolute Gasteiger partial charge is 0.411 e. The van der Waals surface area contributed by atoms with E-state index in [0.717, 1.165) is 6.42 Å². The molecular weight excluding hydrogens is 410 g/mol. The number of hydrogen-bond donors (Lipinski definition) is 1. The number of hydrogen-bond acceptors (Lipinski definition) is 5. The monoisotopic (exact) mass is 435 g/mol. The average Bonchev–Trinajstić information content (AvgIpc) is 3.33. The standard InChI is InChI=1S/C24H25N3O5/c1-31-22(28)18-8-4-5-9-19(18)25-23(29)26-12-10-16(11-13-26)27-21-17-7-3-2-6-15(17)14-20(21)32-24(27)30/h2-9,16,20-21H,10-14H2,1H3,(H,25,29)/t20-,21+/m0/s1. The molecule has 1 N–H and O–H groups in total. The first kappa shape index (κ1) is 20.4. The van der Waals surface area contributed by atoms with Gasteiger partial charge in [-0.15, -0.1) is 0 Å². The minimum Gasteiger partial charge on any atom is -0.465 e. The van der Waals surface area contributed by atoms with Crippen molar-refractivity contribution in [2.24, 2.45) is 0 Å². The first-order valence-electron chi connectivity index (χ1n) is 10.9. The maximum absolute atomic E-state index is 12.8. The number of piperidine rings is 1. The molecule has 2 saturated heterocycles. The highest BCUT2D eigenvalue weighted by molar-refractivity contribution is 6.00. The molecule has 2 heterocycles. The van der Waals surface area contributed by atoms with Crippen LogP contribution in [-0.4, -0.2) is 60.2 Å². The zero-order valence-electron chi connectivity index (χ0n) is 17.8. The fourth-order valence-electron chi connectivity index (χ4n) is 5.07. The summed E-state index contributed by atoms with van der Waals surface area (Å²) in [7, 11) is 1.31. The lowest BCUT2D eigenvalue weighted by Gasteiger charge is -2.37. The van der Waals surface area contributed by atoms with E-state index in [4.69, 9.17) is 9.47 Å². The number of anilines is 1. The molecule has 0 bridgehead atoms. The van der Waals surface area contributed by atoms with Crippen LogP contribution in [0.15, 0.2) is 48.5 Å². The number of fused-ring (bicyclic) bond motifs is 3. The number of likely N-dealkylation sites (tertiary alicyclic amines) is 1. The number of esters is 1. The van der Waals surface area contributed by atoms with Crippen molar-refractivity contribution in [2.45, 2.75) is 37.5 Å². The topological polar surface area (TPSA) is 88.2 Å². The highest BCUT2D eigenvalue weighted by atomic mass is 16.6. The molecule has 0 aromatic heterocycles. The third-order valence-electron chi connectivity index (χ3n) is 6.63. The number of carbonyl (C=O) groups excluding carboxylic acids is 3. The molecule has 0 spiro atoms. The summed E-state index contributed by atoms with van der Waals surface area (Å²) >= 11 is 0. The first-order valence-corrected chi connectivity index (χ1v) is 10.9. The number of ether oxygens (including phenoxy) is 2. The molecule has 0 saturated carbocycles. The van der Waals surface area contributed by atoms with Crippen LogP contribution in [0.25, 0.3) is 0 Å². The average molecular weight is 435 g/mol. The maximum atomic E-state index is 12.8. The van der Waals surface area contributed by atoms with Crippen molar-refractivity contribution in [3.63, 3.8) is 0 Å². The Kier molecular flexibility index (Phi) is 5.20. The Hall–Kier alpha value is -3.55. The number of nitrogens with zero attached hydrogens (tertiary/aromatic N) is 2. The summed E-state index contributed by atoms with van der Waals surface area (Å²) in [5.74, 6) is -0.501. The van der Waals surface area contributed by atoms with Crippen molar-refractivity contribution in [2.75, 3.05) is 25.5 Å². The number of para-hydroxylation sites is 1. The van der Waals surface area contributed by atoms with Crippen LogP contribution in [0.3, 0.4) is 0 Å². The van der Waals surface area contributed by atoms with Gasteiger partial charge in [-0.1, -0.05) is 36.4 Å². The van der Waals surface area contributed by atoms with E-state index in [-0.39, 0.29) is 30.3 Å². The molecule has 0 radical (unpaired) electrons. The molecule has 2 aromatic carbocycles. The van der Waals surface area contributed by atoms with E-state index < -0.39 is 5.97 Å². The quantitative estimate of drug-likeness (QED) is 0.745. The van der Waals surface area contributed by atoms with E-state index in [9.17, 15) is 14.4 Å². The zero-order chi connectivity index (χ0) is 22.2. The molecule has 32 heavy (non-hydrogen) atoms. The van der Waals surface area contributed by atoms with Crippen LogP contribution in [0.2, 0.25) is 0 Å². The lowest BCUT2D eigenvalue weighted by atomic mass is 9.99. The fourth-order valence-corrected chi connectivity index (χ4v) is 5.07. The predicted molar refractivity (Wildman–Crippen MR) is 116 cm³/mol. The lowest BCUT2D eigenvalue weighted by molar-refractivity contribution is 0.0602. The summed E-state index contributed by atoms with van der Waals surface area (Å²) in [4.78, 5) is 41.0. The third kappa shape index (κ3) is 3.45. The highest BCUT2D eigenvalue weighted by Crippen LogP contribution is 2.44. The van der Waals surface area contributed by atoms with Crippen LogP contribution >= 0.6 is 0 Å². The molecule has 2 aromatic rings. The van der Waals surface area contributed by atoms with E-state index in [1.54, 1.807) is 29.2 Å². The van der Waals surface area contributed by atoms with Crippen molar-refractivity contribution in [1.29, 1.82) is 0 Å². The Morgan fingerprint density at radius 3 is 2.56 bits per heavy atom. The molecular formula is C24H25N3O5. The Bertz CT molecular complexity index is 1060. The number of rotatable bonds is 3. The Morgan fingerprint density at radius 1 is 1.06 bits per heavy atom. The van der Waals surface area contributed by atoms with E-state index in [2.05, 4.69) is 17.4 Å². The Labute approximate surface area is 186 Å². The summed E-state index contributed by atoms with van der Waals surface area (Å²) in [6.45, 7) is 1.03. The lowest BCUT2D eigenvalue weighted by Crippen LogP contribution is -2.48. The van der Waals surface area contributed by atoms with Crippen LogP contribution in [0.4, 0.5) is 15.3 Å². The molecule has 2 atom stereocenters. The molecule has 3 amide bonds. The largest absolute Gasteiger partial charge is 0.465 e. The summed E-state index contributed by atoms with van der Waals surface area (Å²) in [5, 5.41) is 2.82. The molecule has 3 aliphatic rings. The summed E-state index contributed by atoms with van der Waals surface area (Å²) in [6.07, 6.45) is 1.71.